The van der Waals surface area contributed by atoms with Gasteiger partial charge in [-0.1, -0.05) is 31.5 Å². The Morgan fingerprint density at radius 1 is 1.26 bits per heavy atom. The number of aryl methyl sites for hydroxylation is 1. The summed E-state index contributed by atoms with van der Waals surface area (Å²) < 4.78 is 1.52. The number of carbonyl (C=O) groups is 1. The van der Waals surface area contributed by atoms with Crippen molar-refractivity contribution in [1.82, 2.24) is 4.57 Å². The van der Waals surface area contributed by atoms with E-state index >= 15 is 0 Å². The zero-order valence-corrected chi connectivity index (χ0v) is 13.6. The van der Waals surface area contributed by atoms with Crippen LogP contribution in [0.1, 0.15) is 36.9 Å². The second-order valence-electron chi connectivity index (χ2n) is 5.60. The molecule has 122 valence electrons. The fraction of sp³-hybridized carbons (Fsp3) is 0.333. The third kappa shape index (κ3) is 4.07. The molecule has 0 saturated carbocycles. The lowest BCUT2D eigenvalue weighted by molar-refractivity contribution is -0.119. The van der Waals surface area contributed by atoms with Gasteiger partial charge in [0.1, 0.15) is 6.04 Å². The van der Waals surface area contributed by atoms with Crippen molar-refractivity contribution in [3.63, 3.8) is 0 Å². The molecular weight excluding hydrogens is 290 g/mol. The molecular formula is C18H23N3O2. The lowest BCUT2D eigenvalue weighted by Gasteiger charge is -2.19. The molecule has 0 spiro atoms. The Hall–Kier alpha value is -2.40. The summed E-state index contributed by atoms with van der Waals surface area (Å²) in [6.07, 6.45) is 3.09. The van der Waals surface area contributed by atoms with Crippen LogP contribution in [0.15, 0.2) is 47.4 Å². The lowest BCUT2D eigenvalue weighted by Crippen LogP contribution is -2.33. The summed E-state index contributed by atoms with van der Waals surface area (Å²) in [7, 11) is 0. The third-order valence-electron chi connectivity index (χ3n) is 3.82. The molecule has 0 bridgehead atoms. The van der Waals surface area contributed by atoms with Crippen LogP contribution in [-0.2, 0) is 11.3 Å². The number of nitrogens with two attached hydrogens (primary N) is 1. The Labute approximate surface area is 136 Å². The van der Waals surface area contributed by atoms with E-state index in [1.54, 1.807) is 25.3 Å². The molecule has 0 fully saturated rings. The van der Waals surface area contributed by atoms with E-state index in [9.17, 15) is 9.59 Å². The van der Waals surface area contributed by atoms with Gasteiger partial charge in [-0.15, -0.1) is 0 Å². The van der Waals surface area contributed by atoms with Crippen molar-refractivity contribution in [3.8, 4) is 0 Å². The van der Waals surface area contributed by atoms with Crippen LogP contribution < -0.4 is 16.6 Å². The molecule has 1 atom stereocenters. The maximum atomic E-state index is 12.6. The minimum atomic E-state index is -0.512. The van der Waals surface area contributed by atoms with Gasteiger partial charge in [0, 0.05) is 24.0 Å². The number of amides is 1. The van der Waals surface area contributed by atoms with Crippen molar-refractivity contribution in [2.24, 2.45) is 5.73 Å². The van der Waals surface area contributed by atoms with Gasteiger partial charge in [0.05, 0.1) is 0 Å². The molecule has 23 heavy (non-hydrogen) atoms. The molecule has 1 unspecified atom stereocenters. The second kappa shape index (κ2) is 7.74. The van der Waals surface area contributed by atoms with E-state index in [1.165, 1.54) is 4.57 Å². The number of hydrogen-bond acceptors (Lipinski definition) is 3. The van der Waals surface area contributed by atoms with Gasteiger partial charge in [0.15, 0.2) is 0 Å². The van der Waals surface area contributed by atoms with Gasteiger partial charge < -0.3 is 15.6 Å². The fourth-order valence-electron chi connectivity index (χ4n) is 2.49. The van der Waals surface area contributed by atoms with Crippen LogP contribution in [0.4, 0.5) is 5.69 Å². The molecule has 1 amide bonds. The van der Waals surface area contributed by atoms with E-state index in [1.807, 2.05) is 31.2 Å². The van der Waals surface area contributed by atoms with Gasteiger partial charge in [-0.2, -0.15) is 0 Å². The highest BCUT2D eigenvalue weighted by atomic mass is 16.2. The number of hydrogen-bond donors (Lipinski definition) is 2. The van der Waals surface area contributed by atoms with E-state index < -0.39 is 6.04 Å². The molecule has 0 saturated heterocycles. The summed E-state index contributed by atoms with van der Waals surface area (Å²) in [5, 5.41) is 2.88. The molecule has 1 aromatic carbocycles. The highest BCUT2D eigenvalue weighted by Crippen LogP contribution is 2.16. The summed E-state index contributed by atoms with van der Waals surface area (Å²) >= 11 is 0. The van der Waals surface area contributed by atoms with Crippen molar-refractivity contribution >= 4 is 11.6 Å². The van der Waals surface area contributed by atoms with E-state index in [0.717, 1.165) is 12.0 Å². The summed E-state index contributed by atoms with van der Waals surface area (Å²) in [6, 6.07) is 10.4. The van der Waals surface area contributed by atoms with E-state index in [2.05, 4.69) is 5.32 Å². The number of nitrogens with zero attached hydrogens (tertiary/aromatic N) is 1. The zero-order chi connectivity index (χ0) is 16.8. The predicted octanol–water partition coefficient (Wildman–Crippen LogP) is 2.60. The minimum Gasteiger partial charge on any atom is -0.326 e. The fourth-order valence-corrected chi connectivity index (χ4v) is 2.49. The average molecular weight is 313 g/mol. The van der Waals surface area contributed by atoms with Gasteiger partial charge in [-0.05, 0) is 37.1 Å². The monoisotopic (exact) mass is 313 g/mol. The average Bonchev–Trinajstić information content (AvgIpc) is 2.56. The van der Waals surface area contributed by atoms with Gasteiger partial charge >= 0.3 is 0 Å². The van der Waals surface area contributed by atoms with Crippen LogP contribution in [0.3, 0.4) is 0 Å². The lowest BCUT2D eigenvalue weighted by atomic mass is 10.1. The normalized spacial score (nSPS) is 12.0. The Bertz CT molecular complexity index is 720. The van der Waals surface area contributed by atoms with Crippen molar-refractivity contribution in [2.75, 3.05) is 5.32 Å². The highest BCUT2D eigenvalue weighted by Gasteiger charge is 2.21. The summed E-state index contributed by atoms with van der Waals surface area (Å²) in [5.41, 5.74) is 7.78. The summed E-state index contributed by atoms with van der Waals surface area (Å²) in [6.45, 7) is 4.22. The molecule has 5 nitrogen and oxygen atoms in total. The standard InChI is InChI=1S/C18H23N3O2/c1-3-5-16(21-11-4-6-13(2)18(21)23)17(22)20-15-9-7-14(12-19)8-10-15/h4,6-11,16H,3,5,12,19H2,1-2H3,(H,20,22). The first kappa shape index (κ1) is 17.0. The maximum absolute atomic E-state index is 12.6. The Kier molecular flexibility index (Phi) is 5.71. The number of rotatable bonds is 6. The number of aromatic nitrogens is 1. The molecule has 2 aromatic rings. The third-order valence-corrected chi connectivity index (χ3v) is 3.82. The smallest absolute Gasteiger partial charge is 0.254 e. The van der Waals surface area contributed by atoms with Crippen molar-refractivity contribution in [3.05, 3.63) is 64.1 Å². The minimum absolute atomic E-state index is 0.125. The first-order valence-electron chi connectivity index (χ1n) is 7.84. The van der Waals surface area contributed by atoms with Crippen LogP contribution in [-0.4, -0.2) is 10.5 Å². The number of anilines is 1. The van der Waals surface area contributed by atoms with E-state index in [4.69, 9.17) is 5.73 Å². The number of pyridine rings is 1. The van der Waals surface area contributed by atoms with Gasteiger partial charge in [-0.3, -0.25) is 9.59 Å². The molecule has 5 heteroatoms. The molecule has 0 radical (unpaired) electrons. The number of carbonyl (C=O) groups excluding carboxylic acids is 1. The van der Waals surface area contributed by atoms with Crippen LogP contribution >= 0.6 is 0 Å². The topological polar surface area (TPSA) is 77.1 Å². The van der Waals surface area contributed by atoms with Crippen LogP contribution in [0, 0.1) is 6.92 Å². The predicted molar refractivity (Wildman–Crippen MR) is 92.3 cm³/mol. The Morgan fingerprint density at radius 3 is 2.57 bits per heavy atom. The molecule has 0 aliphatic rings. The Morgan fingerprint density at radius 2 is 1.96 bits per heavy atom. The first-order chi connectivity index (χ1) is 11.1. The maximum Gasteiger partial charge on any atom is 0.254 e. The number of nitrogens with one attached hydrogen (secondary N) is 1. The highest BCUT2D eigenvalue weighted by molar-refractivity contribution is 5.93. The Balaban J connectivity index is 2.24. The molecule has 3 N–H and O–H groups in total. The van der Waals surface area contributed by atoms with Crippen LogP contribution in [0.2, 0.25) is 0 Å². The molecule has 0 aliphatic heterocycles. The van der Waals surface area contributed by atoms with Crippen molar-refractivity contribution in [2.45, 2.75) is 39.3 Å². The summed E-state index contributed by atoms with van der Waals surface area (Å²) in [4.78, 5) is 24.9. The second-order valence-corrected chi connectivity index (χ2v) is 5.60. The van der Waals surface area contributed by atoms with E-state index in [-0.39, 0.29) is 11.5 Å². The van der Waals surface area contributed by atoms with Gasteiger partial charge in [-0.25, -0.2) is 0 Å². The quantitative estimate of drug-likeness (QED) is 0.860. The summed E-state index contributed by atoms with van der Waals surface area (Å²) in [5.74, 6) is -0.181. The number of benzene rings is 1. The zero-order valence-electron chi connectivity index (χ0n) is 13.6. The largest absolute Gasteiger partial charge is 0.326 e. The van der Waals surface area contributed by atoms with Crippen molar-refractivity contribution in [1.29, 1.82) is 0 Å². The van der Waals surface area contributed by atoms with Gasteiger partial charge in [0.2, 0.25) is 5.91 Å². The molecule has 2 rings (SSSR count). The van der Waals surface area contributed by atoms with Crippen molar-refractivity contribution < 1.29 is 4.79 Å². The van der Waals surface area contributed by atoms with Gasteiger partial charge in [0.25, 0.3) is 5.56 Å². The molecule has 0 aliphatic carbocycles. The molecule has 1 heterocycles. The van der Waals surface area contributed by atoms with Crippen LogP contribution in [0.25, 0.3) is 0 Å². The van der Waals surface area contributed by atoms with E-state index in [0.29, 0.717) is 24.2 Å². The molecule has 1 aromatic heterocycles. The van der Waals surface area contributed by atoms with Crippen LogP contribution in [0.5, 0.6) is 0 Å². The SMILES string of the molecule is CCCC(C(=O)Nc1ccc(CN)cc1)n1cccc(C)c1=O. The first-order valence-corrected chi connectivity index (χ1v) is 7.84.